The first kappa shape index (κ1) is 15.4. The summed E-state index contributed by atoms with van der Waals surface area (Å²) in [6.07, 6.45) is 7.29. The topological polar surface area (TPSA) is 23.5 Å². The lowest BCUT2D eigenvalue weighted by Crippen LogP contribution is -2.37. The van der Waals surface area contributed by atoms with Crippen molar-refractivity contribution in [1.82, 2.24) is 4.90 Å². The fraction of sp³-hybridized carbons (Fsp3) is 0.667. The normalized spacial score (nSPS) is 18.6. The predicted octanol–water partition coefficient (Wildman–Crippen LogP) is 4.67. The first-order valence-corrected chi connectivity index (χ1v) is 8.21. The Morgan fingerprint density at radius 3 is 2.80 bits per heavy atom. The summed E-state index contributed by atoms with van der Waals surface area (Å²) < 4.78 is 0. The fourth-order valence-electron chi connectivity index (χ4n) is 3.47. The predicted molar refractivity (Wildman–Crippen MR) is 85.2 cm³/mol. The first-order valence-electron chi connectivity index (χ1n) is 8.21. The van der Waals surface area contributed by atoms with Gasteiger partial charge in [-0.1, -0.05) is 31.9 Å². The molecule has 0 heterocycles. The average molecular weight is 275 g/mol. The zero-order valence-electron chi connectivity index (χ0n) is 13.2. The van der Waals surface area contributed by atoms with E-state index < -0.39 is 0 Å². The molecule has 1 aliphatic rings. The van der Waals surface area contributed by atoms with Crippen molar-refractivity contribution in [1.29, 1.82) is 0 Å². The molecule has 0 fully saturated rings. The molecule has 0 aromatic heterocycles. The van der Waals surface area contributed by atoms with E-state index in [1.165, 1.54) is 49.8 Å². The monoisotopic (exact) mass is 275 g/mol. The molecule has 0 spiro atoms. The van der Waals surface area contributed by atoms with Crippen LogP contribution in [0, 0.1) is 0 Å². The Hall–Kier alpha value is -1.02. The van der Waals surface area contributed by atoms with Gasteiger partial charge in [0.25, 0.3) is 0 Å². The van der Waals surface area contributed by atoms with Gasteiger partial charge in [-0.25, -0.2) is 0 Å². The number of rotatable bonds is 6. The van der Waals surface area contributed by atoms with E-state index in [4.69, 9.17) is 0 Å². The van der Waals surface area contributed by atoms with E-state index in [0.29, 0.717) is 17.8 Å². The second-order valence-electron chi connectivity index (χ2n) is 6.29. The van der Waals surface area contributed by atoms with Gasteiger partial charge in [-0.2, -0.15) is 0 Å². The number of phenols is 1. The molecule has 20 heavy (non-hydrogen) atoms. The van der Waals surface area contributed by atoms with Crippen LogP contribution in [0.5, 0.6) is 5.75 Å². The Labute approximate surface area is 123 Å². The van der Waals surface area contributed by atoms with Crippen LogP contribution in [0.2, 0.25) is 0 Å². The summed E-state index contributed by atoms with van der Waals surface area (Å²) in [6, 6.07) is 7.09. The molecule has 112 valence electrons. The largest absolute Gasteiger partial charge is 0.508 e. The molecule has 1 aromatic rings. The highest BCUT2D eigenvalue weighted by Gasteiger charge is 2.28. The van der Waals surface area contributed by atoms with Gasteiger partial charge in [-0.05, 0) is 63.3 Å². The summed E-state index contributed by atoms with van der Waals surface area (Å²) in [5.41, 5.74) is 2.55. The van der Waals surface area contributed by atoms with E-state index in [1.54, 1.807) is 0 Å². The number of unbranched alkanes of at least 4 members (excludes halogenated alkanes) is 2. The van der Waals surface area contributed by atoms with Crippen molar-refractivity contribution < 1.29 is 5.11 Å². The van der Waals surface area contributed by atoms with Crippen molar-refractivity contribution in [3.8, 4) is 5.75 Å². The van der Waals surface area contributed by atoms with E-state index in [1.807, 2.05) is 12.1 Å². The van der Waals surface area contributed by atoms with Gasteiger partial charge in [0.1, 0.15) is 5.75 Å². The number of hydrogen-bond donors (Lipinski definition) is 1. The fourth-order valence-corrected chi connectivity index (χ4v) is 3.47. The highest BCUT2D eigenvalue weighted by molar-refractivity contribution is 5.42. The second kappa shape index (κ2) is 7.12. The number of fused-ring (bicyclic) bond motifs is 1. The van der Waals surface area contributed by atoms with Crippen LogP contribution in [0.3, 0.4) is 0 Å². The molecule has 1 N–H and O–H groups in total. The molecule has 0 amide bonds. The molecule has 1 aliphatic carbocycles. The van der Waals surface area contributed by atoms with Crippen LogP contribution in [0.1, 0.15) is 70.0 Å². The highest BCUT2D eigenvalue weighted by atomic mass is 16.3. The molecule has 2 rings (SSSR count). The quantitative estimate of drug-likeness (QED) is 0.763. The van der Waals surface area contributed by atoms with Crippen molar-refractivity contribution in [2.24, 2.45) is 0 Å². The van der Waals surface area contributed by atoms with E-state index in [9.17, 15) is 5.11 Å². The maximum atomic E-state index is 10.1. The maximum Gasteiger partial charge on any atom is 0.119 e. The number of hydrogen-bond acceptors (Lipinski definition) is 2. The summed E-state index contributed by atoms with van der Waals surface area (Å²) in [5, 5.41) is 10.1. The standard InChI is InChI=1S/C18H29NO/c1-4-5-6-13-19(14(2)3)17-11-7-10-16-15(17)9-8-12-18(16)20/h8-9,12,14,17,20H,4-7,10-11,13H2,1-3H3. The van der Waals surface area contributed by atoms with Crippen LogP contribution >= 0.6 is 0 Å². The van der Waals surface area contributed by atoms with Gasteiger partial charge in [0.2, 0.25) is 0 Å². The lowest BCUT2D eigenvalue weighted by Gasteiger charge is -2.38. The molecule has 0 bridgehead atoms. The van der Waals surface area contributed by atoms with Crippen LogP contribution in [0.25, 0.3) is 0 Å². The Morgan fingerprint density at radius 2 is 2.10 bits per heavy atom. The number of benzene rings is 1. The van der Waals surface area contributed by atoms with Crippen molar-refractivity contribution in [3.05, 3.63) is 29.3 Å². The van der Waals surface area contributed by atoms with Crippen LogP contribution in [-0.4, -0.2) is 22.6 Å². The molecule has 0 aliphatic heterocycles. The smallest absolute Gasteiger partial charge is 0.119 e. The van der Waals surface area contributed by atoms with Gasteiger partial charge in [0.05, 0.1) is 0 Å². The maximum absolute atomic E-state index is 10.1. The van der Waals surface area contributed by atoms with Crippen molar-refractivity contribution in [3.63, 3.8) is 0 Å². The van der Waals surface area contributed by atoms with Gasteiger partial charge in [-0.3, -0.25) is 4.90 Å². The zero-order valence-corrected chi connectivity index (χ0v) is 13.2. The molecule has 2 nitrogen and oxygen atoms in total. The van der Waals surface area contributed by atoms with E-state index in [2.05, 4.69) is 31.7 Å². The summed E-state index contributed by atoms with van der Waals surface area (Å²) >= 11 is 0. The van der Waals surface area contributed by atoms with Crippen LogP contribution in [-0.2, 0) is 6.42 Å². The molecule has 0 saturated heterocycles. The Balaban J connectivity index is 2.20. The van der Waals surface area contributed by atoms with Crippen LogP contribution < -0.4 is 0 Å². The average Bonchev–Trinajstić information content (AvgIpc) is 2.44. The van der Waals surface area contributed by atoms with Gasteiger partial charge in [-0.15, -0.1) is 0 Å². The minimum Gasteiger partial charge on any atom is -0.508 e. The summed E-state index contributed by atoms with van der Waals surface area (Å²) in [7, 11) is 0. The SMILES string of the molecule is CCCCCN(C(C)C)C1CCCc2c(O)cccc21. The van der Waals surface area contributed by atoms with Crippen LogP contribution in [0.4, 0.5) is 0 Å². The summed E-state index contributed by atoms with van der Waals surface area (Å²) in [6.45, 7) is 8.02. The molecule has 1 aromatic carbocycles. The van der Waals surface area contributed by atoms with E-state index >= 15 is 0 Å². The number of aromatic hydroxyl groups is 1. The molecular weight excluding hydrogens is 246 g/mol. The van der Waals surface area contributed by atoms with E-state index in [-0.39, 0.29) is 0 Å². The molecule has 2 heteroatoms. The minimum absolute atomic E-state index is 0.489. The molecule has 0 radical (unpaired) electrons. The van der Waals surface area contributed by atoms with E-state index in [0.717, 1.165) is 6.42 Å². The molecular formula is C18H29NO. The first-order chi connectivity index (χ1) is 9.65. The Kier molecular flexibility index (Phi) is 5.47. The third-order valence-corrected chi connectivity index (χ3v) is 4.53. The summed E-state index contributed by atoms with van der Waals surface area (Å²) in [4.78, 5) is 2.63. The highest BCUT2D eigenvalue weighted by Crippen LogP contribution is 2.39. The Morgan fingerprint density at radius 1 is 1.30 bits per heavy atom. The molecule has 1 unspecified atom stereocenters. The molecule has 0 saturated carbocycles. The van der Waals surface area contributed by atoms with Crippen molar-refractivity contribution >= 4 is 0 Å². The third kappa shape index (κ3) is 3.35. The van der Waals surface area contributed by atoms with Crippen LogP contribution in [0.15, 0.2) is 18.2 Å². The van der Waals surface area contributed by atoms with Gasteiger partial charge >= 0.3 is 0 Å². The lowest BCUT2D eigenvalue weighted by molar-refractivity contribution is 0.134. The number of nitrogens with zero attached hydrogens (tertiary/aromatic N) is 1. The zero-order chi connectivity index (χ0) is 14.5. The summed E-state index contributed by atoms with van der Waals surface area (Å²) in [5.74, 6) is 0.490. The Bertz CT molecular complexity index is 427. The third-order valence-electron chi connectivity index (χ3n) is 4.53. The van der Waals surface area contributed by atoms with Gasteiger partial charge < -0.3 is 5.11 Å². The number of phenolic OH excluding ortho intramolecular Hbond substituents is 1. The van der Waals surface area contributed by atoms with Gasteiger partial charge in [0, 0.05) is 12.1 Å². The van der Waals surface area contributed by atoms with Gasteiger partial charge in [0.15, 0.2) is 0 Å². The molecule has 1 atom stereocenters. The van der Waals surface area contributed by atoms with Crippen molar-refractivity contribution in [2.45, 2.75) is 71.4 Å². The lowest BCUT2D eigenvalue weighted by atomic mass is 9.85. The minimum atomic E-state index is 0.489. The van der Waals surface area contributed by atoms with Crippen molar-refractivity contribution in [2.75, 3.05) is 6.54 Å². The second-order valence-corrected chi connectivity index (χ2v) is 6.29.